The summed E-state index contributed by atoms with van der Waals surface area (Å²) in [6.45, 7) is 0.990. The highest BCUT2D eigenvalue weighted by Crippen LogP contribution is 2.33. The molecule has 10 nitrogen and oxygen atoms in total. The van der Waals surface area contributed by atoms with Crippen LogP contribution in [0.3, 0.4) is 0 Å². The molecule has 37 heavy (non-hydrogen) atoms. The lowest BCUT2D eigenvalue weighted by molar-refractivity contribution is -0.238. The van der Waals surface area contributed by atoms with Crippen LogP contribution < -0.4 is 0 Å². The van der Waals surface area contributed by atoms with Gasteiger partial charge in [0.15, 0.2) is 23.6 Å². The average Bonchev–Trinajstić information content (AvgIpc) is 3.33. The third-order valence-electron chi connectivity index (χ3n) is 6.08. The molecule has 1 aliphatic rings. The number of benzene rings is 2. The molecule has 4 rings (SSSR count). The van der Waals surface area contributed by atoms with Gasteiger partial charge < -0.3 is 29.9 Å². The van der Waals surface area contributed by atoms with E-state index >= 15 is 0 Å². The number of aromatic nitrogens is 3. The van der Waals surface area contributed by atoms with Crippen molar-refractivity contribution in [1.29, 1.82) is 0 Å². The van der Waals surface area contributed by atoms with Gasteiger partial charge in [0.1, 0.15) is 36.2 Å². The van der Waals surface area contributed by atoms with Crippen LogP contribution in [0.25, 0.3) is 11.3 Å². The summed E-state index contributed by atoms with van der Waals surface area (Å²) in [7, 11) is 0. The number of halogens is 3. The molecular formula is C24H24F3N3O7. The van der Waals surface area contributed by atoms with Crippen molar-refractivity contribution in [3.05, 3.63) is 71.2 Å². The number of carbonyl (C=O) groups is 1. The van der Waals surface area contributed by atoms with Gasteiger partial charge in [0.2, 0.25) is 0 Å². The van der Waals surface area contributed by atoms with E-state index in [1.165, 1.54) is 0 Å². The molecule has 4 N–H and O–H groups in total. The third-order valence-corrected chi connectivity index (χ3v) is 6.08. The number of aliphatic hydroxyl groups is 3. The number of carboxylic acid groups (broad SMARTS) is 1. The Morgan fingerprint density at radius 3 is 2.49 bits per heavy atom. The summed E-state index contributed by atoms with van der Waals surface area (Å²) in [5.41, 5.74) is 1.31. The van der Waals surface area contributed by atoms with Crippen molar-refractivity contribution in [2.45, 2.75) is 50.1 Å². The first kappa shape index (κ1) is 26.7. The van der Waals surface area contributed by atoms with Gasteiger partial charge in [-0.25, -0.2) is 22.6 Å². The molecule has 2 heterocycles. The van der Waals surface area contributed by atoms with E-state index in [4.69, 9.17) is 9.47 Å². The maximum absolute atomic E-state index is 13.7. The average molecular weight is 523 g/mol. The number of hydrogen-bond acceptors (Lipinski definition) is 8. The second kappa shape index (κ2) is 10.9. The van der Waals surface area contributed by atoms with Crippen LogP contribution in [-0.4, -0.2) is 78.5 Å². The van der Waals surface area contributed by atoms with Crippen molar-refractivity contribution in [2.75, 3.05) is 6.61 Å². The Balaban J connectivity index is 1.62. The smallest absolute Gasteiger partial charge is 0.335 e. The molecule has 0 radical (unpaired) electrons. The number of rotatable bonds is 8. The Kier molecular flexibility index (Phi) is 7.90. The molecule has 198 valence electrons. The summed E-state index contributed by atoms with van der Waals surface area (Å²) in [5.74, 6) is -6.03. The highest BCUT2D eigenvalue weighted by molar-refractivity contribution is 5.73. The molecular weight excluding hydrogens is 499 g/mol. The molecule has 3 unspecified atom stereocenters. The van der Waals surface area contributed by atoms with E-state index in [-0.39, 0.29) is 17.9 Å². The van der Waals surface area contributed by atoms with Crippen LogP contribution in [0.5, 0.6) is 0 Å². The Hall–Kier alpha value is -3.36. The van der Waals surface area contributed by atoms with Crippen molar-refractivity contribution in [3.8, 4) is 11.3 Å². The van der Waals surface area contributed by atoms with Crippen molar-refractivity contribution in [1.82, 2.24) is 15.0 Å². The second-order valence-corrected chi connectivity index (χ2v) is 8.69. The molecule has 1 saturated heterocycles. The quantitative estimate of drug-likeness (QED) is 0.321. The Bertz CT molecular complexity index is 1250. The predicted octanol–water partition coefficient (Wildman–Crippen LogP) is 1.36. The van der Waals surface area contributed by atoms with E-state index in [2.05, 4.69) is 10.3 Å². The molecule has 13 heteroatoms. The van der Waals surface area contributed by atoms with Gasteiger partial charge in [0.05, 0.1) is 19.4 Å². The number of ether oxygens (including phenoxy) is 2. The zero-order valence-corrected chi connectivity index (χ0v) is 19.4. The summed E-state index contributed by atoms with van der Waals surface area (Å²) < 4.78 is 52.7. The largest absolute Gasteiger partial charge is 0.479 e. The van der Waals surface area contributed by atoms with E-state index in [9.17, 15) is 38.4 Å². The number of aliphatic carboxylic acids is 1. The fraction of sp³-hybridized carbons (Fsp3) is 0.375. The van der Waals surface area contributed by atoms with Crippen LogP contribution in [-0.2, 0) is 20.9 Å². The van der Waals surface area contributed by atoms with Gasteiger partial charge in [-0.2, -0.15) is 0 Å². The highest BCUT2D eigenvalue weighted by atomic mass is 19.2. The molecule has 0 aliphatic carbocycles. The summed E-state index contributed by atoms with van der Waals surface area (Å²) >= 11 is 0. The SMILES string of the molecule is Cc1cccc(CO[C@H](C(=O)O)[C@@H]2OC(CO)[C@H](O)C(n3cc(-c4cc(F)c(F)c(F)c4)nn3)C2O)c1. The normalized spacial score (nSPS) is 24.7. The number of nitrogens with zero attached hydrogens (tertiary/aromatic N) is 3. The van der Waals surface area contributed by atoms with Gasteiger partial charge in [0, 0.05) is 5.56 Å². The predicted molar refractivity (Wildman–Crippen MR) is 120 cm³/mol. The van der Waals surface area contributed by atoms with Gasteiger partial charge in [0.25, 0.3) is 0 Å². The standard InChI is InChI=1S/C24H24F3N3O7/c1-11-3-2-4-12(5-11)10-36-23(24(34)35)22-21(33)19(20(32)17(9-31)37-22)30-8-16(28-29-30)13-6-14(25)18(27)15(26)7-13/h2-8,17,19-23,31-33H,9-10H2,1H3,(H,34,35)/t17?,19?,20-,21?,22+,23-/m0/s1. The van der Waals surface area contributed by atoms with Crippen LogP contribution in [0.2, 0.25) is 0 Å². The molecule has 2 aromatic carbocycles. The van der Waals surface area contributed by atoms with Crippen LogP contribution >= 0.6 is 0 Å². The van der Waals surface area contributed by atoms with Crippen molar-refractivity contribution < 1.29 is 47.9 Å². The lowest BCUT2D eigenvalue weighted by atomic mass is 9.90. The lowest BCUT2D eigenvalue weighted by Gasteiger charge is -2.43. The maximum atomic E-state index is 13.7. The Morgan fingerprint density at radius 1 is 1.16 bits per heavy atom. The minimum absolute atomic E-state index is 0.119. The molecule has 0 bridgehead atoms. The van der Waals surface area contributed by atoms with Crippen LogP contribution in [0, 0.1) is 24.4 Å². The monoisotopic (exact) mass is 523 g/mol. The van der Waals surface area contributed by atoms with Gasteiger partial charge in [-0.15, -0.1) is 5.10 Å². The lowest BCUT2D eigenvalue weighted by Crippen LogP contribution is -2.60. The van der Waals surface area contributed by atoms with Crippen molar-refractivity contribution in [2.24, 2.45) is 0 Å². The minimum atomic E-state index is -1.73. The summed E-state index contributed by atoms with van der Waals surface area (Å²) in [5, 5.41) is 48.9. The number of hydrogen-bond donors (Lipinski definition) is 4. The first-order chi connectivity index (χ1) is 17.6. The molecule has 0 saturated carbocycles. The van der Waals surface area contributed by atoms with Crippen LogP contribution in [0.1, 0.15) is 17.2 Å². The molecule has 1 aromatic heterocycles. The zero-order chi connectivity index (χ0) is 26.9. The van der Waals surface area contributed by atoms with Crippen LogP contribution in [0.15, 0.2) is 42.6 Å². The zero-order valence-electron chi connectivity index (χ0n) is 19.4. The van der Waals surface area contributed by atoms with E-state index in [0.29, 0.717) is 17.7 Å². The van der Waals surface area contributed by atoms with Gasteiger partial charge >= 0.3 is 5.97 Å². The Labute approximate surface area is 208 Å². The first-order valence-electron chi connectivity index (χ1n) is 11.2. The minimum Gasteiger partial charge on any atom is -0.479 e. The summed E-state index contributed by atoms with van der Waals surface area (Å²) in [6.07, 6.45) is -6.78. The molecule has 3 aromatic rings. The van der Waals surface area contributed by atoms with E-state index < -0.39 is 66.6 Å². The summed E-state index contributed by atoms with van der Waals surface area (Å²) in [4.78, 5) is 12.1. The van der Waals surface area contributed by atoms with Crippen molar-refractivity contribution >= 4 is 5.97 Å². The van der Waals surface area contributed by atoms with Crippen molar-refractivity contribution in [3.63, 3.8) is 0 Å². The first-order valence-corrected chi connectivity index (χ1v) is 11.2. The molecule has 6 atom stereocenters. The van der Waals surface area contributed by atoms with E-state index in [1.54, 1.807) is 18.2 Å². The van der Waals surface area contributed by atoms with E-state index in [1.807, 2.05) is 13.0 Å². The number of carboxylic acids is 1. The topological polar surface area (TPSA) is 147 Å². The van der Waals surface area contributed by atoms with Crippen LogP contribution in [0.4, 0.5) is 13.2 Å². The second-order valence-electron chi connectivity index (χ2n) is 8.69. The fourth-order valence-corrected chi connectivity index (χ4v) is 4.25. The number of aryl methyl sites for hydroxylation is 1. The summed E-state index contributed by atoms with van der Waals surface area (Å²) in [6, 6.07) is 7.14. The molecule has 1 fully saturated rings. The van der Waals surface area contributed by atoms with E-state index in [0.717, 1.165) is 16.4 Å². The van der Waals surface area contributed by atoms with Gasteiger partial charge in [-0.3, -0.25) is 0 Å². The Morgan fingerprint density at radius 2 is 1.86 bits per heavy atom. The number of aliphatic hydroxyl groups excluding tert-OH is 3. The highest BCUT2D eigenvalue weighted by Gasteiger charge is 2.50. The third kappa shape index (κ3) is 5.50. The maximum Gasteiger partial charge on any atom is 0.335 e. The molecule has 0 spiro atoms. The molecule has 0 amide bonds. The molecule has 1 aliphatic heterocycles. The van der Waals surface area contributed by atoms with Gasteiger partial charge in [-0.1, -0.05) is 35.0 Å². The van der Waals surface area contributed by atoms with Gasteiger partial charge in [-0.05, 0) is 24.6 Å². The fourth-order valence-electron chi connectivity index (χ4n) is 4.25.